The van der Waals surface area contributed by atoms with Crippen molar-refractivity contribution in [2.75, 3.05) is 21.3 Å². The molecule has 1 N–H and O–H groups in total. The minimum absolute atomic E-state index is 0.123. The molecular weight excluding hydrogens is 272 g/mol. The third-order valence-electron chi connectivity index (χ3n) is 3.50. The molecule has 1 saturated carbocycles. The van der Waals surface area contributed by atoms with Gasteiger partial charge < -0.3 is 19.6 Å². The van der Waals surface area contributed by atoms with E-state index in [4.69, 9.17) is 9.47 Å². The molecule has 114 valence electrons. The molecule has 0 unspecified atom stereocenters. The normalized spacial score (nSPS) is 20.7. The largest absolute Gasteiger partial charge is 0.493 e. The fraction of sp³-hybridized carbons (Fsp3) is 0.467. The molecule has 0 bridgehead atoms. The second-order valence-electron chi connectivity index (χ2n) is 4.90. The molecule has 1 amide bonds. The van der Waals surface area contributed by atoms with E-state index in [1.54, 1.807) is 21.1 Å². The average Bonchev–Trinajstić information content (AvgIpc) is 3.25. The Morgan fingerprint density at radius 2 is 1.95 bits per heavy atom. The van der Waals surface area contributed by atoms with Gasteiger partial charge in [0.1, 0.15) is 12.8 Å². The summed E-state index contributed by atoms with van der Waals surface area (Å²) >= 11 is 0. The van der Waals surface area contributed by atoms with E-state index in [1.807, 2.05) is 18.2 Å². The maximum absolute atomic E-state index is 11.8. The summed E-state index contributed by atoms with van der Waals surface area (Å²) in [5.41, 5.74) is 1.44. The smallest absolute Gasteiger partial charge is 0.269 e. The highest BCUT2D eigenvalue weighted by Crippen LogP contribution is 2.43. The molecule has 0 radical (unpaired) electrons. The predicted octanol–water partition coefficient (Wildman–Crippen LogP) is 1.70. The maximum atomic E-state index is 11.8. The number of carbonyl (C=O) groups excluding carboxylic acids is 1. The van der Waals surface area contributed by atoms with Crippen LogP contribution in [-0.2, 0) is 9.63 Å². The van der Waals surface area contributed by atoms with Crippen LogP contribution >= 0.6 is 0 Å². The van der Waals surface area contributed by atoms with E-state index >= 15 is 0 Å². The summed E-state index contributed by atoms with van der Waals surface area (Å²) in [5, 5.41) is 6.55. The van der Waals surface area contributed by atoms with Crippen LogP contribution in [0.5, 0.6) is 11.5 Å². The van der Waals surface area contributed by atoms with E-state index in [2.05, 4.69) is 15.3 Å². The van der Waals surface area contributed by atoms with E-state index in [9.17, 15) is 4.79 Å². The van der Waals surface area contributed by atoms with E-state index in [1.165, 1.54) is 7.11 Å². The van der Waals surface area contributed by atoms with Crippen LogP contribution < -0.4 is 14.8 Å². The Kier molecular flexibility index (Phi) is 4.67. The number of nitrogens with zero attached hydrogens (tertiary/aromatic N) is 1. The summed E-state index contributed by atoms with van der Waals surface area (Å²) in [6, 6.07) is 5.95. The Balaban J connectivity index is 2.00. The standard InChI is InChI=1S/C15H20N2O4/c1-9(17-21-4)15(18)16-12-8-11(12)10-5-6-13(19-2)14(7-10)20-3/h5-7,11-12H,8H2,1-4H3,(H,16,18)/b17-9+/t11-,12-/m0/s1. The van der Waals surface area contributed by atoms with Crippen molar-refractivity contribution in [2.45, 2.75) is 25.3 Å². The van der Waals surface area contributed by atoms with Gasteiger partial charge in [-0.05, 0) is 31.0 Å². The fourth-order valence-electron chi connectivity index (χ4n) is 2.26. The average molecular weight is 292 g/mol. The number of hydrogen-bond acceptors (Lipinski definition) is 5. The van der Waals surface area contributed by atoms with Crippen molar-refractivity contribution in [3.8, 4) is 11.5 Å². The minimum Gasteiger partial charge on any atom is -0.493 e. The van der Waals surface area contributed by atoms with Crippen LogP contribution in [0.1, 0.15) is 24.8 Å². The highest BCUT2D eigenvalue weighted by atomic mass is 16.6. The summed E-state index contributed by atoms with van der Waals surface area (Å²) in [4.78, 5) is 16.4. The van der Waals surface area contributed by atoms with Gasteiger partial charge in [0.05, 0.1) is 14.2 Å². The molecule has 6 heteroatoms. The molecular formula is C15H20N2O4. The molecule has 1 fully saturated rings. The fourth-order valence-corrected chi connectivity index (χ4v) is 2.26. The van der Waals surface area contributed by atoms with E-state index in [-0.39, 0.29) is 11.9 Å². The first kappa shape index (κ1) is 15.2. The predicted molar refractivity (Wildman–Crippen MR) is 79.0 cm³/mol. The molecule has 0 heterocycles. The van der Waals surface area contributed by atoms with Gasteiger partial charge >= 0.3 is 0 Å². The van der Waals surface area contributed by atoms with E-state index < -0.39 is 0 Å². The molecule has 2 atom stereocenters. The van der Waals surface area contributed by atoms with Crippen LogP contribution in [-0.4, -0.2) is 39.0 Å². The van der Waals surface area contributed by atoms with Crippen molar-refractivity contribution < 1.29 is 19.1 Å². The molecule has 0 saturated heterocycles. The maximum Gasteiger partial charge on any atom is 0.269 e. The molecule has 0 spiro atoms. The van der Waals surface area contributed by atoms with Crippen LogP contribution in [0.15, 0.2) is 23.4 Å². The van der Waals surface area contributed by atoms with E-state index in [0.29, 0.717) is 23.1 Å². The SMILES string of the molecule is CO/N=C(\C)C(=O)N[C@H]1C[C@H]1c1ccc(OC)c(OC)c1. The zero-order chi connectivity index (χ0) is 15.4. The first-order chi connectivity index (χ1) is 10.1. The van der Waals surface area contributed by atoms with E-state index in [0.717, 1.165) is 12.0 Å². The summed E-state index contributed by atoms with van der Waals surface area (Å²) < 4.78 is 10.5. The van der Waals surface area contributed by atoms with Gasteiger partial charge in [-0.3, -0.25) is 4.79 Å². The molecule has 21 heavy (non-hydrogen) atoms. The second kappa shape index (κ2) is 6.47. The molecule has 1 aromatic carbocycles. The molecule has 2 rings (SSSR count). The van der Waals surface area contributed by atoms with Crippen LogP contribution in [0, 0.1) is 0 Å². The van der Waals surface area contributed by atoms with Gasteiger partial charge in [-0.15, -0.1) is 0 Å². The Hall–Kier alpha value is -2.24. The zero-order valence-electron chi connectivity index (χ0n) is 12.7. The third kappa shape index (κ3) is 3.45. The number of hydrogen-bond donors (Lipinski definition) is 1. The molecule has 1 aromatic rings. The number of benzene rings is 1. The second-order valence-corrected chi connectivity index (χ2v) is 4.90. The number of carbonyl (C=O) groups is 1. The topological polar surface area (TPSA) is 69.2 Å². The molecule has 1 aliphatic rings. The van der Waals surface area contributed by atoms with Crippen molar-refractivity contribution in [3.05, 3.63) is 23.8 Å². The van der Waals surface area contributed by atoms with Gasteiger partial charge in [0.15, 0.2) is 11.5 Å². The number of amides is 1. The summed E-state index contributed by atoms with van der Waals surface area (Å²) in [6.07, 6.45) is 0.904. The van der Waals surface area contributed by atoms with Crippen molar-refractivity contribution in [3.63, 3.8) is 0 Å². The lowest BCUT2D eigenvalue weighted by atomic mass is 10.1. The van der Waals surface area contributed by atoms with Gasteiger partial charge in [-0.25, -0.2) is 0 Å². The lowest BCUT2D eigenvalue weighted by Crippen LogP contribution is -2.32. The minimum atomic E-state index is -0.204. The molecule has 0 aliphatic heterocycles. The number of oxime groups is 1. The number of rotatable bonds is 6. The van der Waals surface area contributed by atoms with Crippen LogP contribution in [0.25, 0.3) is 0 Å². The summed E-state index contributed by atoms with van der Waals surface area (Å²) in [7, 11) is 4.63. The van der Waals surface area contributed by atoms with Crippen LogP contribution in [0.4, 0.5) is 0 Å². The van der Waals surface area contributed by atoms with Gasteiger partial charge in [0.2, 0.25) is 0 Å². The summed E-state index contributed by atoms with van der Waals surface area (Å²) in [6.45, 7) is 1.62. The molecule has 1 aliphatic carbocycles. The van der Waals surface area contributed by atoms with Gasteiger partial charge in [0, 0.05) is 12.0 Å². The van der Waals surface area contributed by atoms with Gasteiger partial charge in [-0.1, -0.05) is 11.2 Å². The van der Waals surface area contributed by atoms with Crippen molar-refractivity contribution >= 4 is 11.6 Å². The molecule has 0 aromatic heterocycles. The van der Waals surface area contributed by atoms with Gasteiger partial charge in [0.25, 0.3) is 5.91 Å². The number of methoxy groups -OCH3 is 2. The Morgan fingerprint density at radius 3 is 2.57 bits per heavy atom. The van der Waals surface area contributed by atoms with Gasteiger partial charge in [-0.2, -0.15) is 0 Å². The summed E-state index contributed by atoms with van der Waals surface area (Å²) in [5.74, 6) is 1.49. The highest BCUT2D eigenvalue weighted by molar-refractivity contribution is 6.37. The third-order valence-corrected chi connectivity index (χ3v) is 3.50. The lowest BCUT2D eigenvalue weighted by molar-refractivity contribution is -0.115. The monoisotopic (exact) mass is 292 g/mol. The Morgan fingerprint density at radius 1 is 1.24 bits per heavy atom. The van der Waals surface area contributed by atoms with Crippen molar-refractivity contribution in [1.82, 2.24) is 5.32 Å². The lowest BCUT2D eigenvalue weighted by Gasteiger charge is -2.09. The van der Waals surface area contributed by atoms with Crippen LogP contribution in [0.2, 0.25) is 0 Å². The van der Waals surface area contributed by atoms with Crippen molar-refractivity contribution in [1.29, 1.82) is 0 Å². The Bertz CT molecular complexity index is 557. The first-order valence-electron chi connectivity index (χ1n) is 6.71. The number of nitrogens with one attached hydrogen (secondary N) is 1. The molecule has 6 nitrogen and oxygen atoms in total. The zero-order valence-corrected chi connectivity index (χ0v) is 12.7. The van der Waals surface area contributed by atoms with Crippen LogP contribution in [0.3, 0.4) is 0 Å². The first-order valence-corrected chi connectivity index (χ1v) is 6.71. The Labute approximate surface area is 124 Å². The number of ether oxygens (including phenoxy) is 2. The van der Waals surface area contributed by atoms with Crippen molar-refractivity contribution in [2.24, 2.45) is 5.16 Å². The quantitative estimate of drug-likeness (QED) is 0.640. The highest BCUT2D eigenvalue weighted by Gasteiger charge is 2.40.